The van der Waals surface area contributed by atoms with Crippen molar-refractivity contribution in [2.45, 2.75) is 32.2 Å². The van der Waals surface area contributed by atoms with Crippen LogP contribution < -0.4 is 16.4 Å². The molecule has 0 unspecified atom stereocenters. The van der Waals surface area contributed by atoms with Gasteiger partial charge in [-0.15, -0.1) is 0 Å². The lowest BCUT2D eigenvalue weighted by Crippen LogP contribution is -2.45. The molecule has 0 aliphatic carbocycles. The minimum atomic E-state index is -0.509. The number of nitrogens with one attached hydrogen (secondary N) is 2. The van der Waals surface area contributed by atoms with E-state index in [-0.39, 0.29) is 17.2 Å². The van der Waals surface area contributed by atoms with Crippen molar-refractivity contribution in [3.8, 4) is 0 Å². The number of rotatable bonds is 7. The molecule has 0 spiro atoms. The number of hydrogen-bond donors (Lipinski definition) is 3. The highest BCUT2D eigenvalue weighted by Gasteiger charge is 2.22. The molecule has 0 saturated heterocycles. The van der Waals surface area contributed by atoms with Crippen molar-refractivity contribution in [1.29, 1.82) is 0 Å². The first-order chi connectivity index (χ1) is 9.86. The minimum Gasteiger partial charge on any atom is -0.378 e. The Bertz CT molecular complexity index is 527. The quantitative estimate of drug-likeness (QED) is 0.525. The third kappa shape index (κ3) is 4.16. The molecule has 7 nitrogen and oxygen atoms in total. The Morgan fingerprint density at radius 3 is 2.48 bits per heavy atom. The maximum atomic E-state index is 11.5. The smallest absolute Gasteiger partial charge is 0.293 e. The fourth-order valence-corrected chi connectivity index (χ4v) is 1.89. The Balaban J connectivity index is 3.02. The monoisotopic (exact) mass is 294 g/mol. The number of nitro benzene ring substituents is 1. The summed E-state index contributed by atoms with van der Waals surface area (Å²) >= 11 is 0. The first kappa shape index (κ1) is 16.9. The van der Waals surface area contributed by atoms with Crippen molar-refractivity contribution < 1.29 is 9.72 Å². The van der Waals surface area contributed by atoms with Crippen molar-refractivity contribution in [2.75, 3.05) is 18.9 Å². The highest BCUT2D eigenvalue weighted by molar-refractivity contribution is 5.95. The molecule has 21 heavy (non-hydrogen) atoms. The van der Waals surface area contributed by atoms with Crippen LogP contribution in [0.5, 0.6) is 0 Å². The first-order valence-electron chi connectivity index (χ1n) is 6.90. The lowest BCUT2D eigenvalue weighted by atomic mass is 9.94. The topological polar surface area (TPSA) is 110 Å². The number of nitro groups is 1. The van der Waals surface area contributed by atoms with Gasteiger partial charge in [0.1, 0.15) is 5.69 Å². The highest BCUT2D eigenvalue weighted by atomic mass is 16.6. The average molecular weight is 294 g/mol. The van der Waals surface area contributed by atoms with Gasteiger partial charge in [0.2, 0.25) is 0 Å². The zero-order valence-corrected chi connectivity index (χ0v) is 12.6. The van der Waals surface area contributed by atoms with Crippen LogP contribution in [0.1, 0.15) is 37.0 Å². The Hall–Kier alpha value is -2.15. The van der Waals surface area contributed by atoms with Gasteiger partial charge < -0.3 is 16.4 Å². The van der Waals surface area contributed by atoms with E-state index in [1.54, 1.807) is 6.07 Å². The molecule has 4 N–H and O–H groups in total. The van der Waals surface area contributed by atoms with Crippen molar-refractivity contribution in [2.24, 2.45) is 5.73 Å². The second kappa shape index (κ2) is 7.03. The summed E-state index contributed by atoms with van der Waals surface area (Å²) < 4.78 is 0. The summed E-state index contributed by atoms with van der Waals surface area (Å²) in [6.45, 7) is 4.39. The third-order valence-electron chi connectivity index (χ3n) is 3.72. The number of carbonyl (C=O) groups excluding carboxylic acids is 1. The lowest BCUT2D eigenvalue weighted by Gasteiger charge is -2.27. The predicted octanol–water partition coefficient (Wildman–Crippen LogP) is 1.88. The molecule has 1 aromatic carbocycles. The second-order valence-corrected chi connectivity index (χ2v) is 4.99. The van der Waals surface area contributed by atoms with Crippen LogP contribution in [0.3, 0.4) is 0 Å². The van der Waals surface area contributed by atoms with E-state index in [2.05, 4.69) is 10.6 Å². The molecule has 0 aliphatic rings. The van der Waals surface area contributed by atoms with Crippen LogP contribution in [0.4, 0.5) is 11.4 Å². The van der Waals surface area contributed by atoms with Gasteiger partial charge in [-0.05, 0) is 25.0 Å². The van der Waals surface area contributed by atoms with Crippen molar-refractivity contribution in [3.63, 3.8) is 0 Å². The molecule has 116 valence electrons. The zero-order valence-electron chi connectivity index (χ0n) is 12.6. The summed E-state index contributed by atoms with van der Waals surface area (Å²) in [6.07, 6.45) is 1.53. The van der Waals surface area contributed by atoms with Crippen LogP contribution >= 0.6 is 0 Å². The molecule has 1 rings (SSSR count). The van der Waals surface area contributed by atoms with Crippen LogP contribution in [0.2, 0.25) is 0 Å². The summed E-state index contributed by atoms with van der Waals surface area (Å²) in [6, 6.07) is 4.34. The Labute approximate surface area is 124 Å². The largest absolute Gasteiger partial charge is 0.378 e. The maximum Gasteiger partial charge on any atom is 0.293 e. The fourth-order valence-electron chi connectivity index (χ4n) is 1.89. The average Bonchev–Trinajstić information content (AvgIpc) is 2.51. The SMILES string of the molecule is CCC(N)(CC)CNc1ccc(C(=O)NC)cc1[N+](=O)[O-]. The van der Waals surface area contributed by atoms with Crippen LogP contribution in [0, 0.1) is 10.1 Å². The molecule has 0 aliphatic heterocycles. The molecule has 0 saturated carbocycles. The van der Waals surface area contributed by atoms with Gasteiger partial charge in [0.15, 0.2) is 0 Å². The molecule has 0 fully saturated rings. The van der Waals surface area contributed by atoms with Crippen LogP contribution in [0.15, 0.2) is 18.2 Å². The molecule has 0 bridgehead atoms. The van der Waals surface area contributed by atoms with Gasteiger partial charge in [-0.3, -0.25) is 14.9 Å². The van der Waals surface area contributed by atoms with E-state index in [0.717, 1.165) is 12.8 Å². The van der Waals surface area contributed by atoms with Crippen molar-refractivity contribution in [3.05, 3.63) is 33.9 Å². The lowest BCUT2D eigenvalue weighted by molar-refractivity contribution is -0.384. The van der Waals surface area contributed by atoms with Crippen molar-refractivity contribution in [1.82, 2.24) is 5.32 Å². The Morgan fingerprint density at radius 1 is 1.38 bits per heavy atom. The number of nitrogens with two attached hydrogens (primary N) is 1. The predicted molar refractivity (Wildman–Crippen MR) is 82.5 cm³/mol. The normalized spacial score (nSPS) is 11.0. The molecule has 7 heteroatoms. The van der Waals surface area contributed by atoms with Gasteiger partial charge in [-0.2, -0.15) is 0 Å². The van der Waals surface area contributed by atoms with E-state index >= 15 is 0 Å². The van der Waals surface area contributed by atoms with E-state index in [9.17, 15) is 14.9 Å². The molecule has 1 amide bonds. The van der Waals surface area contributed by atoms with Gasteiger partial charge in [-0.25, -0.2) is 0 Å². The zero-order chi connectivity index (χ0) is 16.0. The summed E-state index contributed by atoms with van der Waals surface area (Å²) in [7, 11) is 1.48. The highest BCUT2D eigenvalue weighted by Crippen LogP contribution is 2.26. The number of benzene rings is 1. The third-order valence-corrected chi connectivity index (χ3v) is 3.72. The molecule has 1 aromatic rings. The maximum absolute atomic E-state index is 11.5. The number of anilines is 1. The standard InChI is InChI=1S/C14H22N4O3/c1-4-14(15,5-2)9-17-11-7-6-10(13(19)16-3)8-12(11)18(20)21/h6-8,17H,4-5,9,15H2,1-3H3,(H,16,19). The Kier molecular flexibility index (Phi) is 5.66. The van der Waals surface area contributed by atoms with E-state index in [0.29, 0.717) is 12.2 Å². The number of amides is 1. The molecule has 0 atom stereocenters. The van der Waals surface area contributed by atoms with E-state index in [4.69, 9.17) is 5.73 Å². The summed E-state index contributed by atoms with van der Waals surface area (Å²) in [4.78, 5) is 22.2. The van der Waals surface area contributed by atoms with Gasteiger partial charge in [0.25, 0.3) is 11.6 Å². The number of nitrogens with zero attached hydrogens (tertiary/aromatic N) is 1. The van der Waals surface area contributed by atoms with Crippen LogP contribution in [-0.4, -0.2) is 30.0 Å². The van der Waals surface area contributed by atoms with Crippen molar-refractivity contribution >= 4 is 17.3 Å². The van der Waals surface area contributed by atoms with E-state index < -0.39 is 10.5 Å². The molecule has 0 aromatic heterocycles. The van der Waals surface area contributed by atoms with Gasteiger partial charge >= 0.3 is 0 Å². The molecular formula is C14H22N4O3. The summed E-state index contributed by atoms with van der Waals surface area (Å²) in [5.41, 5.74) is 6.25. The minimum absolute atomic E-state index is 0.134. The van der Waals surface area contributed by atoms with Crippen LogP contribution in [-0.2, 0) is 0 Å². The first-order valence-corrected chi connectivity index (χ1v) is 6.90. The molecule has 0 heterocycles. The van der Waals surface area contributed by atoms with Gasteiger partial charge in [0.05, 0.1) is 4.92 Å². The van der Waals surface area contributed by atoms with Gasteiger partial charge in [-0.1, -0.05) is 13.8 Å². The second-order valence-electron chi connectivity index (χ2n) is 4.99. The fraction of sp³-hybridized carbons (Fsp3) is 0.500. The summed E-state index contributed by atoms with van der Waals surface area (Å²) in [5, 5.41) is 16.6. The Morgan fingerprint density at radius 2 is 2.00 bits per heavy atom. The number of hydrogen-bond acceptors (Lipinski definition) is 5. The van der Waals surface area contributed by atoms with Gasteiger partial charge in [0, 0.05) is 30.8 Å². The number of carbonyl (C=O) groups is 1. The molecular weight excluding hydrogens is 272 g/mol. The molecule has 0 radical (unpaired) electrons. The summed E-state index contributed by atoms with van der Waals surface area (Å²) in [5.74, 6) is -0.361. The van der Waals surface area contributed by atoms with E-state index in [1.807, 2.05) is 13.8 Å². The van der Waals surface area contributed by atoms with Crippen LogP contribution in [0.25, 0.3) is 0 Å². The van der Waals surface area contributed by atoms with E-state index in [1.165, 1.54) is 19.2 Å².